The highest BCUT2D eigenvalue weighted by Crippen LogP contribution is 2.24. The molecular weight excluding hydrogens is 367 g/mol. The summed E-state index contributed by atoms with van der Waals surface area (Å²) < 4.78 is 13.7. The van der Waals surface area contributed by atoms with Gasteiger partial charge in [-0.05, 0) is 40.2 Å². The Balaban J connectivity index is 2.29. The molecule has 0 saturated heterocycles. The maximum absolute atomic E-state index is 13.3. The number of rotatable bonds is 3. The van der Waals surface area contributed by atoms with Crippen molar-refractivity contribution in [3.8, 4) is 0 Å². The summed E-state index contributed by atoms with van der Waals surface area (Å²) in [7, 11) is 0. The lowest BCUT2D eigenvalue weighted by molar-refractivity contribution is -0.384. The van der Waals surface area contributed by atoms with Crippen LogP contribution in [0.1, 0.15) is 10.4 Å². The number of non-ortho nitro benzene ring substituents is 1. The SMILES string of the molecule is O=C(Nc1ccc(Cl)c(F)c1)c1cc([N+](=O)[O-])ccc1Br. The highest BCUT2D eigenvalue weighted by molar-refractivity contribution is 9.10. The Morgan fingerprint density at radius 1 is 1.29 bits per heavy atom. The number of benzene rings is 2. The Labute approximate surface area is 132 Å². The van der Waals surface area contributed by atoms with Crippen LogP contribution in [0.5, 0.6) is 0 Å². The third-order valence-electron chi connectivity index (χ3n) is 2.58. The van der Waals surface area contributed by atoms with Gasteiger partial charge in [0.05, 0.1) is 15.5 Å². The van der Waals surface area contributed by atoms with Gasteiger partial charge in [-0.1, -0.05) is 11.6 Å². The van der Waals surface area contributed by atoms with Crippen LogP contribution in [0.25, 0.3) is 0 Å². The van der Waals surface area contributed by atoms with E-state index in [1.165, 1.54) is 24.3 Å². The van der Waals surface area contributed by atoms with Gasteiger partial charge in [-0.2, -0.15) is 0 Å². The van der Waals surface area contributed by atoms with Crippen molar-refractivity contribution in [2.45, 2.75) is 0 Å². The molecule has 1 amide bonds. The van der Waals surface area contributed by atoms with Crippen LogP contribution in [0.2, 0.25) is 5.02 Å². The molecule has 0 bridgehead atoms. The van der Waals surface area contributed by atoms with Crippen LogP contribution >= 0.6 is 27.5 Å². The Morgan fingerprint density at radius 3 is 2.62 bits per heavy atom. The molecule has 0 saturated carbocycles. The minimum absolute atomic E-state index is 0.0653. The molecule has 2 aromatic rings. The average Bonchev–Trinajstić information content (AvgIpc) is 2.43. The molecule has 0 fully saturated rings. The number of nitro groups is 1. The third-order valence-corrected chi connectivity index (χ3v) is 3.58. The van der Waals surface area contributed by atoms with Crippen molar-refractivity contribution < 1.29 is 14.1 Å². The van der Waals surface area contributed by atoms with Crippen molar-refractivity contribution in [3.63, 3.8) is 0 Å². The van der Waals surface area contributed by atoms with E-state index < -0.39 is 16.6 Å². The standard InChI is InChI=1S/C13H7BrClFN2O3/c14-10-3-2-8(18(20)21)6-9(10)13(19)17-7-1-4-11(15)12(16)5-7/h1-6H,(H,17,19). The van der Waals surface area contributed by atoms with Gasteiger partial charge in [-0.25, -0.2) is 4.39 Å². The molecule has 0 aliphatic rings. The normalized spacial score (nSPS) is 10.2. The molecule has 5 nitrogen and oxygen atoms in total. The van der Waals surface area contributed by atoms with Crippen LogP contribution in [0.3, 0.4) is 0 Å². The molecule has 0 aromatic heterocycles. The van der Waals surface area contributed by atoms with E-state index in [1.54, 1.807) is 0 Å². The van der Waals surface area contributed by atoms with E-state index in [1.807, 2.05) is 0 Å². The summed E-state index contributed by atoms with van der Waals surface area (Å²) in [5.74, 6) is -1.28. The summed E-state index contributed by atoms with van der Waals surface area (Å²) in [6, 6.07) is 7.58. The van der Waals surface area contributed by atoms with E-state index in [-0.39, 0.29) is 22.0 Å². The zero-order valence-corrected chi connectivity index (χ0v) is 12.6. The van der Waals surface area contributed by atoms with Crippen LogP contribution in [-0.4, -0.2) is 10.8 Å². The molecule has 108 valence electrons. The smallest absolute Gasteiger partial charge is 0.270 e. The quantitative estimate of drug-likeness (QED) is 0.640. The fourth-order valence-electron chi connectivity index (χ4n) is 1.57. The second-order valence-electron chi connectivity index (χ2n) is 4.00. The Kier molecular flexibility index (Phi) is 4.54. The van der Waals surface area contributed by atoms with E-state index >= 15 is 0 Å². The second kappa shape index (κ2) is 6.19. The molecule has 8 heteroatoms. The Bertz CT molecular complexity index is 739. The number of nitrogens with one attached hydrogen (secondary N) is 1. The number of nitrogens with zero attached hydrogens (tertiary/aromatic N) is 1. The summed E-state index contributed by atoms with van der Waals surface area (Å²) in [5.41, 5.74) is 0.0468. The fraction of sp³-hybridized carbons (Fsp3) is 0. The maximum atomic E-state index is 13.3. The number of amides is 1. The lowest BCUT2D eigenvalue weighted by Crippen LogP contribution is -2.13. The number of hydrogen-bond donors (Lipinski definition) is 1. The van der Waals surface area contributed by atoms with E-state index in [0.717, 1.165) is 12.1 Å². The molecule has 21 heavy (non-hydrogen) atoms. The number of nitro benzene ring substituents is 1. The molecule has 0 aliphatic carbocycles. The van der Waals surface area contributed by atoms with Gasteiger partial charge in [-0.3, -0.25) is 14.9 Å². The van der Waals surface area contributed by atoms with Crippen LogP contribution < -0.4 is 5.32 Å². The number of halogens is 3. The lowest BCUT2D eigenvalue weighted by Gasteiger charge is -2.07. The molecule has 1 N–H and O–H groups in total. The summed E-state index contributed by atoms with van der Waals surface area (Å²) in [6.45, 7) is 0. The lowest BCUT2D eigenvalue weighted by atomic mass is 10.2. The molecule has 2 rings (SSSR count). The molecule has 2 aromatic carbocycles. The summed E-state index contributed by atoms with van der Waals surface area (Å²) in [5, 5.41) is 13.1. The number of carbonyl (C=O) groups excluding carboxylic acids is 1. The third kappa shape index (κ3) is 3.56. The minimum atomic E-state index is -0.674. The van der Waals surface area contributed by atoms with E-state index in [2.05, 4.69) is 21.2 Å². The van der Waals surface area contributed by atoms with Crippen molar-refractivity contribution in [1.29, 1.82) is 0 Å². The Hall–Kier alpha value is -1.99. The highest BCUT2D eigenvalue weighted by atomic mass is 79.9. The van der Waals surface area contributed by atoms with Gasteiger partial charge in [0, 0.05) is 22.3 Å². The molecule has 0 unspecified atom stereocenters. The van der Waals surface area contributed by atoms with Crippen LogP contribution in [-0.2, 0) is 0 Å². The topological polar surface area (TPSA) is 72.2 Å². The molecule has 0 atom stereocenters. The van der Waals surface area contributed by atoms with Crippen LogP contribution in [0, 0.1) is 15.9 Å². The van der Waals surface area contributed by atoms with Crippen molar-refractivity contribution in [2.24, 2.45) is 0 Å². The zero-order chi connectivity index (χ0) is 15.6. The fourth-order valence-corrected chi connectivity index (χ4v) is 2.12. The van der Waals surface area contributed by atoms with Gasteiger partial charge in [0.2, 0.25) is 0 Å². The summed E-state index contributed by atoms with van der Waals surface area (Å²) in [6.07, 6.45) is 0. The van der Waals surface area contributed by atoms with Gasteiger partial charge < -0.3 is 5.32 Å². The van der Waals surface area contributed by atoms with Crippen molar-refractivity contribution in [1.82, 2.24) is 0 Å². The highest BCUT2D eigenvalue weighted by Gasteiger charge is 2.16. The predicted octanol–water partition coefficient (Wildman–Crippen LogP) is 4.40. The predicted molar refractivity (Wildman–Crippen MR) is 80.2 cm³/mol. The zero-order valence-electron chi connectivity index (χ0n) is 10.3. The maximum Gasteiger partial charge on any atom is 0.270 e. The first kappa shape index (κ1) is 15.4. The minimum Gasteiger partial charge on any atom is -0.322 e. The van der Waals surface area contributed by atoms with Gasteiger partial charge in [-0.15, -0.1) is 0 Å². The first-order valence-corrected chi connectivity index (χ1v) is 6.76. The monoisotopic (exact) mass is 372 g/mol. The van der Waals surface area contributed by atoms with E-state index in [0.29, 0.717) is 4.47 Å². The first-order valence-electron chi connectivity index (χ1n) is 5.59. The molecule has 0 aliphatic heterocycles. The Morgan fingerprint density at radius 2 is 2.00 bits per heavy atom. The van der Waals surface area contributed by atoms with E-state index in [9.17, 15) is 19.3 Å². The summed E-state index contributed by atoms with van der Waals surface area (Å²) in [4.78, 5) is 22.2. The van der Waals surface area contributed by atoms with Gasteiger partial charge >= 0.3 is 0 Å². The van der Waals surface area contributed by atoms with Crippen molar-refractivity contribution in [3.05, 3.63) is 67.4 Å². The second-order valence-corrected chi connectivity index (χ2v) is 5.27. The molecule has 0 heterocycles. The first-order chi connectivity index (χ1) is 9.88. The van der Waals surface area contributed by atoms with Gasteiger partial charge in [0.1, 0.15) is 5.82 Å². The molecule has 0 spiro atoms. The van der Waals surface area contributed by atoms with Crippen molar-refractivity contribution in [2.75, 3.05) is 5.32 Å². The number of anilines is 1. The summed E-state index contributed by atoms with van der Waals surface area (Å²) >= 11 is 8.69. The molecular formula is C13H7BrClFN2O3. The van der Waals surface area contributed by atoms with Gasteiger partial charge in [0.15, 0.2) is 0 Å². The average molecular weight is 374 g/mol. The van der Waals surface area contributed by atoms with Crippen LogP contribution in [0.4, 0.5) is 15.8 Å². The van der Waals surface area contributed by atoms with Crippen LogP contribution in [0.15, 0.2) is 40.9 Å². The number of carbonyl (C=O) groups is 1. The van der Waals surface area contributed by atoms with Gasteiger partial charge in [0.25, 0.3) is 11.6 Å². The number of hydrogen-bond acceptors (Lipinski definition) is 3. The largest absolute Gasteiger partial charge is 0.322 e. The van der Waals surface area contributed by atoms with E-state index in [4.69, 9.17) is 11.6 Å². The van der Waals surface area contributed by atoms with Crippen molar-refractivity contribution >= 4 is 44.8 Å². The molecule has 0 radical (unpaired) electrons.